The maximum absolute atomic E-state index is 11.8. The lowest BCUT2D eigenvalue weighted by Crippen LogP contribution is -2.43. The molecule has 0 spiro atoms. The number of likely N-dealkylation sites (N-methyl/N-ethyl adjacent to an activating group) is 1. The zero-order valence-electron chi connectivity index (χ0n) is 9.78. The molecule has 0 aromatic heterocycles. The summed E-state index contributed by atoms with van der Waals surface area (Å²) in [5.74, 6) is 0.706. The highest BCUT2D eigenvalue weighted by molar-refractivity contribution is 5.78. The number of rotatable bonds is 4. The number of hydrogen-bond acceptors (Lipinski definition) is 3. The SMILES string of the molecule is CN(C)CC(=O)N1CCCC(CCO)C1. The van der Waals surface area contributed by atoms with Crippen molar-refractivity contribution in [1.29, 1.82) is 0 Å². The van der Waals surface area contributed by atoms with E-state index in [4.69, 9.17) is 5.11 Å². The summed E-state index contributed by atoms with van der Waals surface area (Å²) in [7, 11) is 3.82. The van der Waals surface area contributed by atoms with Gasteiger partial charge in [-0.15, -0.1) is 0 Å². The van der Waals surface area contributed by atoms with Crippen LogP contribution in [0, 0.1) is 5.92 Å². The summed E-state index contributed by atoms with van der Waals surface area (Å²) in [5, 5.41) is 8.88. The molecule has 0 aromatic rings. The predicted octanol–water partition coefficient (Wildman–Crippen LogP) is 0.169. The molecule has 1 aliphatic rings. The standard InChI is InChI=1S/C11H22N2O2/c1-12(2)9-11(15)13-6-3-4-10(8-13)5-7-14/h10,14H,3-9H2,1-2H3. The normalized spacial score (nSPS) is 22.1. The van der Waals surface area contributed by atoms with Crippen LogP contribution in [-0.2, 0) is 4.79 Å². The van der Waals surface area contributed by atoms with Gasteiger partial charge < -0.3 is 14.9 Å². The molecule has 1 heterocycles. The van der Waals surface area contributed by atoms with Crippen molar-refractivity contribution in [3.05, 3.63) is 0 Å². The first-order valence-corrected chi connectivity index (χ1v) is 5.67. The molecule has 1 saturated heterocycles. The Balaban J connectivity index is 2.38. The highest BCUT2D eigenvalue weighted by atomic mass is 16.3. The van der Waals surface area contributed by atoms with Crippen LogP contribution in [0.2, 0.25) is 0 Å². The fourth-order valence-corrected chi connectivity index (χ4v) is 2.08. The lowest BCUT2D eigenvalue weighted by Gasteiger charge is -2.33. The van der Waals surface area contributed by atoms with E-state index in [9.17, 15) is 4.79 Å². The van der Waals surface area contributed by atoms with Crippen LogP contribution < -0.4 is 0 Å². The minimum Gasteiger partial charge on any atom is -0.396 e. The van der Waals surface area contributed by atoms with Gasteiger partial charge in [0.15, 0.2) is 0 Å². The molecule has 1 amide bonds. The fourth-order valence-electron chi connectivity index (χ4n) is 2.08. The first kappa shape index (κ1) is 12.5. The smallest absolute Gasteiger partial charge is 0.236 e. The Morgan fingerprint density at radius 2 is 2.27 bits per heavy atom. The molecule has 4 heteroatoms. The number of likely N-dealkylation sites (tertiary alicyclic amines) is 1. The zero-order valence-corrected chi connectivity index (χ0v) is 9.78. The lowest BCUT2D eigenvalue weighted by molar-refractivity contribution is -0.133. The molecule has 15 heavy (non-hydrogen) atoms. The van der Waals surface area contributed by atoms with Gasteiger partial charge in [0.2, 0.25) is 5.91 Å². The summed E-state index contributed by atoms with van der Waals surface area (Å²) in [6, 6.07) is 0. The summed E-state index contributed by atoms with van der Waals surface area (Å²) in [5.41, 5.74) is 0. The second-order valence-electron chi connectivity index (χ2n) is 4.60. The molecule has 0 saturated carbocycles. The maximum Gasteiger partial charge on any atom is 0.236 e. The van der Waals surface area contributed by atoms with Crippen LogP contribution in [0.3, 0.4) is 0 Å². The van der Waals surface area contributed by atoms with E-state index in [0.29, 0.717) is 12.5 Å². The van der Waals surface area contributed by atoms with E-state index in [1.165, 1.54) is 0 Å². The van der Waals surface area contributed by atoms with Gasteiger partial charge >= 0.3 is 0 Å². The summed E-state index contributed by atoms with van der Waals surface area (Å²) in [6.07, 6.45) is 3.04. The van der Waals surface area contributed by atoms with Crippen molar-refractivity contribution in [3.63, 3.8) is 0 Å². The van der Waals surface area contributed by atoms with Crippen molar-refractivity contribution in [2.45, 2.75) is 19.3 Å². The number of carbonyl (C=O) groups excluding carboxylic acids is 1. The van der Waals surface area contributed by atoms with Gasteiger partial charge in [0, 0.05) is 19.7 Å². The van der Waals surface area contributed by atoms with Gasteiger partial charge in [-0.1, -0.05) is 0 Å². The quantitative estimate of drug-likeness (QED) is 0.725. The van der Waals surface area contributed by atoms with Gasteiger partial charge in [0.1, 0.15) is 0 Å². The number of hydrogen-bond donors (Lipinski definition) is 1. The highest BCUT2D eigenvalue weighted by Crippen LogP contribution is 2.19. The number of aliphatic hydroxyl groups excluding tert-OH is 1. The van der Waals surface area contributed by atoms with Crippen LogP contribution >= 0.6 is 0 Å². The van der Waals surface area contributed by atoms with E-state index in [-0.39, 0.29) is 12.5 Å². The maximum atomic E-state index is 11.8. The Morgan fingerprint density at radius 3 is 2.87 bits per heavy atom. The van der Waals surface area contributed by atoms with Crippen molar-refractivity contribution in [1.82, 2.24) is 9.80 Å². The molecule has 4 nitrogen and oxygen atoms in total. The van der Waals surface area contributed by atoms with Crippen LogP contribution in [0.15, 0.2) is 0 Å². The van der Waals surface area contributed by atoms with Crippen LogP contribution in [0.1, 0.15) is 19.3 Å². The van der Waals surface area contributed by atoms with Crippen LogP contribution in [0.5, 0.6) is 0 Å². The second-order valence-corrected chi connectivity index (χ2v) is 4.60. The monoisotopic (exact) mass is 214 g/mol. The molecule has 0 radical (unpaired) electrons. The van der Waals surface area contributed by atoms with Gasteiger partial charge in [-0.2, -0.15) is 0 Å². The molecule has 1 unspecified atom stereocenters. The Labute approximate surface area is 91.9 Å². The first-order valence-electron chi connectivity index (χ1n) is 5.67. The average Bonchev–Trinajstić information content (AvgIpc) is 2.17. The molecular formula is C11H22N2O2. The fraction of sp³-hybridized carbons (Fsp3) is 0.909. The second kappa shape index (κ2) is 6.08. The van der Waals surface area contributed by atoms with Crippen molar-refractivity contribution in [2.24, 2.45) is 5.92 Å². The Morgan fingerprint density at radius 1 is 1.53 bits per heavy atom. The molecular weight excluding hydrogens is 192 g/mol. The number of nitrogens with zero attached hydrogens (tertiary/aromatic N) is 2. The molecule has 1 fully saturated rings. The third-order valence-corrected chi connectivity index (χ3v) is 2.86. The first-order chi connectivity index (χ1) is 7.13. The van der Waals surface area contributed by atoms with E-state index in [1.807, 2.05) is 23.9 Å². The summed E-state index contributed by atoms with van der Waals surface area (Å²) in [6.45, 7) is 2.44. The zero-order chi connectivity index (χ0) is 11.3. The molecule has 0 bridgehead atoms. The van der Waals surface area contributed by atoms with E-state index in [0.717, 1.165) is 32.4 Å². The van der Waals surface area contributed by atoms with E-state index >= 15 is 0 Å². The summed E-state index contributed by atoms with van der Waals surface area (Å²) >= 11 is 0. The van der Waals surface area contributed by atoms with Crippen LogP contribution in [-0.4, -0.2) is 61.2 Å². The predicted molar refractivity (Wildman–Crippen MR) is 59.6 cm³/mol. The largest absolute Gasteiger partial charge is 0.396 e. The van der Waals surface area contributed by atoms with Crippen LogP contribution in [0.25, 0.3) is 0 Å². The third-order valence-electron chi connectivity index (χ3n) is 2.86. The topological polar surface area (TPSA) is 43.8 Å². The highest BCUT2D eigenvalue weighted by Gasteiger charge is 2.23. The third kappa shape index (κ3) is 4.18. The minimum atomic E-state index is 0.211. The van der Waals surface area contributed by atoms with Gasteiger partial charge in [0.05, 0.1) is 6.54 Å². The van der Waals surface area contributed by atoms with Crippen molar-refractivity contribution >= 4 is 5.91 Å². The summed E-state index contributed by atoms with van der Waals surface area (Å²) in [4.78, 5) is 15.6. The Kier molecular flexibility index (Phi) is 5.05. The number of piperidine rings is 1. The molecule has 1 N–H and O–H groups in total. The van der Waals surface area contributed by atoms with Crippen molar-refractivity contribution < 1.29 is 9.90 Å². The molecule has 1 aliphatic heterocycles. The lowest BCUT2D eigenvalue weighted by atomic mass is 9.95. The van der Waals surface area contributed by atoms with Gasteiger partial charge in [-0.05, 0) is 39.3 Å². The number of carbonyl (C=O) groups is 1. The molecule has 1 atom stereocenters. The van der Waals surface area contributed by atoms with Crippen LogP contribution in [0.4, 0.5) is 0 Å². The van der Waals surface area contributed by atoms with Gasteiger partial charge in [0.25, 0.3) is 0 Å². The van der Waals surface area contributed by atoms with E-state index < -0.39 is 0 Å². The van der Waals surface area contributed by atoms with Gasteiger partial charge in [-0.3, -0.25) is 4.79 Å². The Hall–Kier alpha value is -0.610. The molecule has 0 aliphatic carbocycles. The Bertz CT molecular complexity index is 205. The van der Waals surface area contributed by atoms with E-state index in [1.54, 1.807) is 0 Å². The molecule has 88 valence electrons. The van der Waals surface area contributed by atoms with Crippen molar-refractivity contribution in [2.75, 3.05) is 40.3 Å². The minimum absolute atomic E-state index is 0.211. The molecule has 1 rings (SSSR count). The van der Waals surface area contributed by atoms with E-state index in [2.05, 4.69) is 0 Å². The average molecular weight is 214 g/mol. The van der Waals surface area contributed by atoms with Crippen molar-refractivity contribution in [3.8, 4) is 0 Å². The molecule has 0 aromatic carbocycles. The summed E-state index contributed by atoms with van der Waals surface area (Å²) < 4.78 is 0. The number of amides is 1. The number of aliphatic hydroxyl groups is 1. The van der Waals surface area contributed by atoms with Gasteiger partial charge in [-0.25, -0.2) is 0 Å².